The van der Waals surface area contributed by atoms with Gasteiger partial charge in [0.2, 0.25) is 0 Å². The fraction of sp³-hybridized carbons (Fsp3) is 0.200. The maximum atomic E-state index is 13.5. The number of hydrogen-bond donors (Lipinski definition) is 0. The van der Waals surface area contributed by atoms with Crippen molar-refractivity contribution in [1.29, 1.82) is 0 Å². The van der Waals surface area contributed by atoms with E-state index in [1.54, 1.807) is 0 Å². The van der Waals surface area contributed by atoms with Crippen molar-refractivity contribution in [3.8, 4) is 0 Å². The molecule has 152 valence electrons. The number of hydrogen-bond acceptors (Lipinski definition) is 4. The lowest BCUT2D eigenvalue weighted by Crippen LogP contribution is -2.34. The summed E-state index contributed by atoms with van der Waals surface area (Å²) in [5, 5.41) is 1.94. The zero-order valence-electron chi connectivity index (χ0n) is 17.2. The second-order valence-electron chi connectivity index (χ2n) is 7.38. The Morgan fingerprint density at radius 2 is 1.60 bits per heavy atom. The Bertz CT molecular complexity index is 1070. The minimum atomic E-state index is -0.221. The first-order valence-corrected chi connectivity index (χ1v) is 10.9. The van der Waals surface area contributed by atoms with E-state index in [2.05, 4.69) is 0 Å². The van der Waals surface area contributed by atoms with Crippen LogP contribution in [0.3, 0.4) is 0 Å². The van der Waals surface area contributed by atoms with Crippen LogP contribution in [-0.2, 0) is 22.7 Å². The highest BCUT2D eigenvalue weighted by molar-refractivity contribution is 7.11. The Morgan fingerprint density at radius 3 is 2.23 bits per heavy atom. The van der Waals surface area contributed by atoms with Crippen LogP contribution in [0.5, 0.6) is 0 Å². The quantitative estimate of drug-likeness (QED) is 0.517. The first kappa shape index (κ1) is 20.1. The Morgan fingerprint density at radius 1 is 0.867 bits per heavy atom. The van der Waals surface area contributed by atoms with Gasteiger partial charge in [0, 0.05) is 18.0 Å². The summed E-state index contributed by atoms with van der Waals surface area (Å²) in [6.45, 7) is 5.53. The molecule has 0 radical (unpaired) electrons. The predicted octanol–water partition coefficient (Wildman–Crippen LogP) is 4.86. The normalized spacial score (nSPS) is 14.0. The summed E-state index contributed by atoms with van der Waals surface area (Å²) in [6.07, 6.45) is 0. The number of likely N-dealkylation sites (N-methyl/N-ethyl adjacent to an activating group) is 1. The van der Waals surface area contributed by atoms with Gasteiger partial charge in [0.05, 0.1) is 12.1 Å². The molecule has 4 rings (SSSR count). The number of rotatable bonds is 7. The van der Waals surface area contributed by atoms with Crippen molar-refractivity contribution in [1.82, 2.24) is 9.80 Å². The van der Waals surface area contributed by atoms with Crippen LogP contribution in [0.2, 0.25) is 0 Å². The Balaban J connectivity index is 1.71. The largest absolute Gasteiger partial charge is 0.362 e. The van der Waals surface area contributed by atoms with E-state index >= 15 is 0 Å². The fourth-order valence-electron chi connectivity index (χ4n) is 3.67. The molecule has 2 heterocycles. The molecule has 0 N–H and O–H groups in total. The summed E-state index contributed by atoms with van der Waals surface area (Å²) in [4.78, 5) is 31.1. The van der Waals surface area contributed by atoms with Crippen molar-refractivity contribution in [2.45, 2.75) is 26.9 Å². The highest BCUT2D eigenvalue weighted by atomic mass is 32.1. The van der Waals surface area contributed by atoms with Crippen molar-refractivity contribution < 1.29 is 9.59 Å². The lowest BCUT2D eigenvalue weighted by Gasteiger charge is -2.25. The number of aryl methyl sites for hydroxylation is 1. The summed E-state index contributed by atoms with van der Waals surface area (Å²) >= 11 is 1.49. The van der Waals surface area contributed by atoms with Crippen LogP contribution in [0.4, 0.5) is 0 Å². The van der Waals surface area contributed by atoms with Crippen LogP contribution in [0.15, 0.2) is 77.8 Å². The average Bonchev–Trinajstić information content (AvgIpc) is 3.37. The molecule has 0 fully saturated rings. The van der Waals surface area contributed by atoms with Crippen molar-refractivity contribution in [2.75, 3.05) is 6.54 Å². The number of amides is 2. The van der Waals surface area contributed by atoms with Gasteiger partial charge in [-0.2, -0.15) is 0 Å². The van der Waals surface area contributed by atoms with E-state index in [1.165, 1.54) is 16.2 Å². The molecule has 3 aromatic rings. The second kappa shape index (κ2) is 8.67. The topological polar surface area (TPSA) is 40.6 Å². The van der Waals surface area contributed by atoms with Crippen LogP contribution >= 0.6 is 11.3 Å². The minimum absolute atomic E-state index is 0.218. The maximum absolute atomic E-state index is 13.5. The molecule has 0 saturated heterocycles. The maximum Gasteiger partial charge on any atom is 0.278 e. The third kappa shape index (κ3) is 3.94. The van der Waals surface area contributed by atoms with Gasteiger partial charge in [0.1, 0.15) is 5.70 Å². The minimum Gasteiger partial charge on any atom is -0.362 e. The Kier molecular flexibility index (Phi) is 5.81. The van der Waals surface area contributed by atoms with Gasteiger partial charge >= 0.3 is 0 Å². The molecule has 4 nitrogen and oxygen atoms in total. The first-order valence-electron chi connectivity index (χ1n) is 10.1. The first-order chi connectivity index (χ1) is 14.6. The fourth-order valence-corrected chi connectivity index (χ4v) is 4.43. The summed E-state index contributed by atoms with van der Waals surface area (Å²) in [7, 11) is 0. The van der Waals surface area contributed by atoms with E-state index in [4.69, 9.17) is 0 Å². The third-order valence-electron chi connectivity index (χ3n) is 5.29. The molecule has 0 saturated carbocycles. The molecule has 30 heavy (non-hydrogen) atoms. The zero-order chi connectivity index (χ0) is 21.1. The van der Waals surface area contributed by atoms with Crippen LogP contribution in [0.25, 0.3) is 5.57 Å². The molecule has 2 amide bonds. The molecule has 5 heteroatoms. The smallest absolute Gasteiger partial charge is 0.278 e. The molecule has 0 spiro atoms. The van der Waals surface area contributed by atoms with Crippen molar-refractivity contribution in [3.63, 3.8) is 0 Å². The number of carbonyl (C=O) groups is 2. The van der Waals surface area contributed by atoms with Crippen LogP contribution in [0.1, 0.15) is 28.5 Å². The molecule has 0 atom stereocenters. The van der Waals surface area contributed by atoms with Crippen LogP contribution in [0, 0.1) is 6.92 Å². The molecular weight excluding hydrogens is 392 g/mol. The van der Waals surface area contributed by atoms with Crippen molar-refractivity contribution in [2.24, 2.45) is 0 Å². The van der Waals surface area contributed by atoms with E-state index < -0.39 is 0 Å². The van der Waals surface area contributed by atoms with E-state index in [-0.39, 0.29) is 18.4 Å². The summed E-state index contributed by atoms with van der Waals surface area (Å²) in [5.74, 6) is -0.439. The van der Waals surface area contributed by atoms with Gasteiger partial charge in [-0.3, -0.25) is 14.5 Å². The number of thiophene rings is 1. The zero-order valence-corrected chi connectivity index (χ0v) is 18.0. The van der Waals surface area contributed by atoms with E-state index in [1.807, 2.05) is 90.9 Å². The monoisotopic (exact) mass is 416 g/mol. The number of benzene rings is 2. The molecule has 0 bridgehead atoms. The van der Waals surface area contributed by atoms with E-state index in [0.29, 0.717) is 24.4 Å². The van der Waals surface area contributed by atoms with Gasteiger partial charge in [-0.05, 0) is 36.4 Å². The average molecular weight is 417 g/mol. The molecular formula is C25H24N2O2S. The third-order valence-corrected chi connectivity index (χ3v) is 6.17. The Hall–Kier alpha value is -3.18. The van der Waals surface area contributed by atoms with E-state index in [0.717, 1.165) is 21.6 Å². The number of nitrogens with zero attached hydrogens (tertiary/aromatic N) is 2. The predicted molar refractivity (Wildman–Crippen MR) is 121 cm³/mol. The summed E-state index contributed by atoms with van der Waals surface area (Å²) in [5.41, 5.74) is 4.21. The molecule has 2 aromatic carbocycles. The standard InChI is InChI=1S/C25H24N2O2S/c1-3-26(16-19-8-5-4-6-9-19)23-22(21-10-7-15-30-21)24(28)27(25(23)29)17-20-13-11-18(2)12-14-20/h4-15H,3,16-17H2,1-2H3. The van der Waals surface area contributed by atoms with Crippen molar-refractivity contribution in [3.05, 3.63) is 99.4 Å². The van der Waals surface area contributed by atoms with Gasteiger partial charge in [-0.25, -0.2) is 0 Å². The van der Waals surface area contributed by atoms with Gasteiger partial charge in [-0.15, -0.1) is 11.3 Å². The summed E-state index contributed by atoms with van der Waals surface area (Å²) in [6, 6.07) is 21.8. The van der Waals surface area contributed by atoms with Gasteiger partial charge in [0.15, 0.2) is 0 Å². The highest BCUT2D eigenvalue weighted by Crippen LogP contribution is 2.35. The highest BCUT2D eigenvalue weighted by Gasteiger charge is 2.41. The Labute approximate surface area is 181 Å². The summed E-state index contributed by atoms with van der Waals surface area (Å²) < 4.78 is 0. The lowest BCUT2D eigenvalue weighted by molar-refractivity contribution is -0.138. The lowest BCUT2D eigenvalue weighted by atomic mass is 10.1. The van der Waals surface area contributed by atoms with Gasteiger partial charge in [0.25, 0.3) is 11.8 Å². The van der Waals surface area contributed by atoms with Crippen LogP contribution < -0.4 is 0 Å². The molecule has 1 aromatic heterocycles. The molecule has 1 aliphatic rings. The SMILES string of the molecule is CCN(Cc1ccccc1)C1=C(c2cccs2)C(=O)N(Cc2ccc(C)cc2)C1=O. The number of imide groups is 1. The second-order valence-corrected chi connectivity index (χ2v) is 8.33. The van der Waals surface area contributed by atoms with Crippen LogP contribution in [-0.4, -0.2) is 28.2 Å². The molecule has 0 aliphatic carbocycles. The van der Waals surface area contributed by atoms with Gasteiger partial charge < -0.3 is 4.90 Å². The van der Waals surface area contributed by atoms with E-state index in [9.17, 15) is 9.59 Å². The molecule has 1 aliphatic heterocycles. The van der Waals surface area contributed by atoms with Crippen molar-refractivity contribution >= 4 is 28.7 Å². The van der Waals surface area contributed by atoms with Gasteiger partial charge in [-0.1, -0.05) is 66.2 Å². The number of carbonyl (C=O) groups excluding carboxylic acids is 2. The molecule has 0 unspecified atom stereocenters.